The fourth-order valence-electron chi connectivity index (χ4n) is 2.69. The van der Waals surface area contributed by atoms with Crippen LogP contribution in [0.3, 0.4) is 0 Å². The zero-order valence-electron chi connectivity index (χ0n) is 9.78. The molecule has 92 valence electrons. The van der Waals surface area contributed by atoms with Gasteiger partial charge in [-0.25, -0.2) is 0 Å². The number of carboxylic acids is 1. The molecule has 4 nitrogen and oxygen atoms in total. The van der Waals surface area contributed by atoms with Crippen molar-refractivity contribution >= 4 is 5.97 Å². The molecule has 16 heavy (non-hydrogen) atoms. The van der Waals surface area contributed by atoms with Crippen LogP contribution in [0, 0.1) is 5.41 Å². The zero-order valence-corrected chi connectivity index (χ0v) is 9.78. The predicted octanol–water partition coefficient (Wildman–Crippen LogP) is 1.35. The molecular formula is C12H21NO3. The number of hydrogen-bond acceptors (Lipinski definition) is 3. The summed E-state index contributed by atoms with van der Waals surface area (Å²) in [6.45, 7) is 3.76. The van der Waals surface area contributed by atoms with Crippen molar-refractivity contribution in [1.29, 1.82) is 0 Å². The van der Waals surface area contributed by atoms with E-state index in [0.29, 0.717) is 26.2 Å². The summed E-state index contributed by atoms with van der Waals surface area (Å²) >= 11 is 0. The second kappa shape index (κ2) is 5.15. The molecule has 2 saturated heterocycles. The number of ether oxygens (including phenoxy) is 1. The van der Waals surface area contributed by atoms with Gasteiger partial charge in [0.1, 0.15) is 5.41 Å². The van der Waals surface area contributed by atoms with Crippen molar-refractivity contribution < 1.29 is 14.6 Å². The second-order valence-corrected chi connectivity index (χ2v) is 5.08. The summed E-state index contributed by atoms with van der Waals surface area (Å²) in [5.41, 5.74) is -0.635. The van der Waals surface area contributed by atoms with Gasteiger partial charge in [-0.2, -0.15) is 0 Å². The highest BCUT2D eigenvalue weighted by atomic mass is 16.5. The molecule has 0 aliphatic carbocycles. The van der Waals surface area contributed by atoms with Crippen molar-refractivity contribution in [2.75, 3.05) is 32.8 Å². The van der Waals surface area contributed by atoms with Gasteiger partial charge in [0, 0.05) is 13.2 Å². The van der Waals surface area contributed by atoms with Gasteiger partial charge in [-0.15, -0.1) is 0 Å². The van der Waals surface area contributed by atoms with Gasteiger partial charge in [0.05, 0.1) is 6.61 Å². The first-order valence-corrected chi connectivity index (χ1v) is 6.26. The summed E-state index contributed by atoms with van der Waals surface area (Å²) in [4.78, 5) is 13.7. The fraction of sp³-hybridized carbons (Fsp3) is 0.917. The van der Waals surface area contributed by atoms with Crippen LogP contribution in [0.15, 0.2) is 0 Å². The van der Waals surface area contributed by atoms with Gasteiger partial charge in [0.25, 0.3) is 0 Å². The highest BCUT2D eigenvalue weighted by molar-refractivity contribution is 5.75. The quantitative estimate of drug-likeness (QED) is 0.790. The fourth-order valence-corrected chi connectivity index (χ4v) is 2.69. The lowest BCUT2D eigenvalue weighted by Crippen LogP contribution is -2.44. The zero-order chi connectivity index (χ0) is 11.4. The SMILES string of the molecule is O=C(O)C1(CN2CCCCCC2)CCOC1. The Labute approximate surface area is 96.6 Å². The summed E-state index contributed by atoms with van der Waals surface area (Å²) < 4.78 is 5.29. The Kier molecular flexibility index (Phi) is 3.82. The highest BCUT2D eigenvalue weighted by Gasteiger charge is 2.43. The van der Waals surface area contributed by atoms with Gasteiger partial charge < -0.3 is 14.7 Å². The van der Waals surface area contributed by atoms with Crippen molar-refractivity contribution in [3.8, 4) is 0 Å². The van der Waals surface area contributed by atoms with E-state index in [1.807, 2.05) is 0 Å². The molecule has 0 bridgehead atoms. The lowest BCUT2D eigenvalue weighted by Gasteiger charge is -2.30. The van der Waals surface area contributed by atoms with Gasteiger partial charge in [-0.1, -0.05) is 12.8 Å². The van der Waals surface area contributed by atoms with Crippen molar-refractivity contribution in [3.05, 3.63) is 0 Å². The molecule has 4 heteroatoms. The van der Waals surface area contributed by atoms with Crippen LogP contribution < -0.4 is 0 Å². The van der Waals surface area contributed by atoms with Crippen LogP contribution in [0.5, 0.6) is 0 Å². The van der Waals surface area contributed by atoms with Crippen LogP contribution >= 0.6 is 0 Å². The van der Waals surface area contributed by atoms with Crippen LogP contribution in [0.4, 0.5) is 0 Å². The van der Waals surface area contributed by atoms with Crippen LogP contribution in [-0.2, 0) is 9.53 Å². The van der Waals surface area contributed by atoms with E-state index in [-0.39, 0.29) is 0 Å². The molecule has 0 amide bonds. The molecule has 0 spiro atoms. The van der Waals surface area contributed by atoms with E-state index in [2.05, 4.69) is 4.90 Å². The molecule has 0 aromatic rings. The third-order valence-electron chi connectivity index (χ3n) is 3.78. The number of aliphatic carboxylic acids is 1. The summed E-state index contributed by atoms with van der Waals surface area (Å²) in [7, 11) is 0. The number of rotatable bonds is 3. The van der Waals surface area contributed by atoms with Crippen LogP contribution in [0.2, 0.25) is 0 Å². The van der Waals surface area contributed by atoms with Gasteiger partial charge in [-0.05, 0) is 32.4 Å². The topological polar surface area (TPSA) is 49.8 Å². The van der Waals surface area contributed by atoms with Crippen molar-refractivity contribution in [2.45, 2.75) is 32.1 Å². The van der Waals surface area contributed by atoms with E-state index in [0.717, 1.165) is 13.1 Å². The average Bonchev–Trinajstić information content (AvgIpc) is 2.58. The molecule has 2 rings (SSSR count). The minimum atomic E-state index is -0.686. The lowest BCUT2D eigenvalue weighted by molar-refractivity contribution is -0.150. The predicted molar refractivity (Wildman–Crippen MR) is 60.4 cm³/mol. The maximum absolute atomic E-state index is 11.4. The molecule has 0 aromatic heterocycles. The molecule has 2 aliphatic rings. The van der Waals surface area contributed by atoms with Crippen molar-refractivity contribution in [2.24, 2.45) is 5.41 Å². The Hall–Kier alpha value is -0.610. The van der Waals surface area contributed by atoms with Crippen molar-refractivity contribution in [3.63, 3.8) is 0 Å². The van der Waals surface area contributed by atoms with Gasteiger partial charge in [-0.3, -0.25) is 4.79 Å². The third kappa shape index (κ3) is 2.55. The van der Waals surface area contributed by atoms with Crippen LogP contribution in [-0.4, -0.2) is 48.8 Å². The van der Waals surface area contributed by atoms with E-state index in [4.69, 9.17) is 4.74 Å². The summed E-state index contributed by atoms with van der Waals surface area (Å²) in [6.07, 6.45) is 5.64. The van der Waals surface area contributed by atoms with Crippen molar-refractivity contribution in [1.82, 2.24) is 4.90 Å². The number of hydrogen-bond donors (Lipinski definition) is 1. The molecule has 1 N–H and O–H groups in total. The van der Waals surface area contributed by atoms with E-state index >= 15 is 0 Å². The van der Waals surface area contributed by atoms with Gasteiger partial charge in [0.2, 0.25) is 0 Å². The van der Waals surface area contributed by atoms with Crippen LogP contribution in [0.25, 0.3) is 0 Å². The maximum Gasteiger partial charge on any atom is 0.313 e. The molecule has 0 saturated carbocycles. The van der Waals surface area contributed by atoms with Crippen LogP contribution in [0.1, 0.15) is 32.1 Å². The Balaban J connectivity index is 1.96. The van der Waals surface area contributed by atoms with E-state index in [9.17, 15) is 9.90 Å². The normalized spacial score (nSPS) is 32.5. The molecule has 1 unspecified atom stereocenters. The van der Waals surface area contributed by atoms with Gasteiger partial charge >= 0.3 is 5.97 Å². The monoisotopic (exact) mass is 227 g/mol. The first-order chi connectivity index (χ1) is 7.73. The summed E-state index contributed by atoms with van der Waals surface area (Å²) in [5.74, 6) is -0.686. The Morgan fingerprint density at radius 1 is 1.25 bits per heavy atom. The molecule has 0 radical (unpaired) electrons. The Morgan fingerprint density at radius 2 is 1.94 bits per heavy atom. The molecule has 2 aliphatic heterocycles. The average molecular weight is 227 g/mol. The Bertz CT molecular complexity index is 241. The first-order valence-electron chi connectivity index (χ1n) is 6.26. The third-order valence-corrected chi connectivity index (χ3v) is 3.78. The number of likely N-dealkylation sites (tertiary alicyclic amines) is 1. The van der Waals surface area contributed by atoms with E-state index in [1.54, 1.807) is 0 Å². The highest BCUT2D eigenvalue weighted by Crippen LogP contribution is 2.30. The smallest absolute Gasteiger partial charge is 0.313 e. The molecule has 0 aromatic carbocycles. The minimum absolute atomic E-state index is 0.388. The lowest BCUT2D eigenvalue weighted by atomic mass is 9.86. The summed E-state index contributed by atoms with van der Waals surface area (Å²) in [6, 6.07) is 0. The number of nitrogens with zero attached hydrogens (tertiary/aromatic N) is 1. The van der Waals surface area contributed by atoms with E-state index < -0.39 is 11.4 Å². The second-order valence-electron chi connectivity index (χ2n) is 5.08. The number of carbonyl (C=O) groups is 1. The Morgan fingerprint density at radius 3 is 2.44 bits per heavy atom. The molecule has 2 heterocycles. The number of carboxylic acid groups (broad SMARTS) is 1. The standard InChI is InChI=1S/C12H21NO3/c14-11(15)12(5-8-16-10-12)9-13-6-3-1-2-4-7-13/h1-10H2,(H,14,15). The van der Waals surface area contributed by atoms with Gasteiger partial charge in [0.15, 0.2) is 0 Å². The first kappa shape index (κ1) is 11.9. The largest absolute Gasteiger partial charge is 0.481 e. The minimum Gasteiger partial charge on any atom is -0.481 e. The molecule has 1 atom stereocenters. The molecule has 2 fully saturated rings. The maximum atomic E-state index is 11.4. The van der Waals surface area contributed by atoms with E-state index in [1.165, 1.54) is 25.7 Å². The molecular weight excluding hydrogens is 206 g/mol. The summed E-state index contributed by atoms with van der Waals surface area (Å²) in [5, 5.41) is 9.36.